The van der Waals surface area contributed by atoms with Gasteiger partial charge in [-0.25, -0.2) is 9.97 Å². The molecular formula is C20H26F2N2OS. The van der Waals surface area contributed by atoms with E-state index in [-0.39, 0.29) is 0 Å². The van der Waals surface area contributed by atoms with Crippen molar-refractivity contribution in [2.75, 3.05) is 6.61 Å². The molecule has 1 aromatic heterocycles. The first-order chi connectivity index (χ1) is 12.7. The molecule has 3 nitrogen and oxygen atoms in total. The summed E-state index contributed by atoms with van der Waals surface area (Å²) in [6.07, 6.45) is 12.0. The molecule has 0 aliphatic rings. The van der Waals surface area contributed by atoms with Gasteiger partial charge < -0.3 is 4.74 Å². The van der Waals surface area contributed by atoms with Crippen LogP contribution in [0.4, 0.5) is 8.78 Å². The maximum Gasteiger partial charge on any atom is 0.288 e. The quantitative estimate of drug-likeness (QED) is 0.307. The number of benzene rings is 1. The molecule has 0 saturated heterocycles. The highest BCUT2D eigenvalue weighted by atomic mass is 32.2. The molecule has 2 aromatic rings. The molecule has 0 fully saturated rings. The molecule has 0 bridgehead atoms. The Labute approximate surface area is 158 Å². The molecule has 0 atom stereocenters. The zero-order valence-corrected chi connectivity index (χ0v) is 16.0. The van der Waals surface area contributed by atoms with Gasteiger partial charge in [0.25, 0.3) is 5.76 Å². The fourth-order valence-corrected chi connectivity index (χ4v) is 3.07. The van der Waals surface area contributed by atoms with Gasteiger partial charge in [0.15, 0.2) is 11.6 Å². The summed E-state index contributed by atoms with van der Waals surface area (Å²) >= 11 is 0.529. The molecule has 6 heteroatoms. The van der Waals surface area contributed by atoms with Crippen molar-refractivity contribution in [2.24, 2.45) is 0 Å². The first-order valence-electron chi connectivity index (χ1n) is 9.19. The highest BCUT2D eigenvalue weighted by Crippen LogP contribution is 2.27. The van der Waals surface area contributed by atoms with Crippen molar-refractivity contribution in [1.82, 2.24) is 9.97 Å². The summed E-state index contributed by atoms with van der Waals surface area (Å²) in [6, 6.07) is 6.80. The minimum Gasteiger partial charge on any atom is -0.490 e. The maximum atomic E-state index is 12.3. The zero-order valence-electron chi connectivity index (χ0n) is 15.2. The summed E-state index contributed by atoms with van der Waals surface area (Å²) in [5.74, 6) is -1.20. The summed E-state index contributed by atoms with van der Waals surface area (Å²) in [4.78, 5) is 9.12. The number of rotatable bonds is 12. The van der Waals surface area contributed by atoms with E-state index < -0.39 is 5.76 Å². The number of nitrogens with zero attached hydrogens (tertiary/aromatic N) is 2. The first-order valence-corrected chi connectivity index (χ1v) is 10.1. The second-order valence-corrected chi connectivity index (χ2v) is 7.18. The maximum absolute atomic E-state index is 12.3. The molecular weight excluding hydrogens is 354 g/mol. The van der Waals surface area contributed by atoms with E-state index in [4.69, 9.17) is 4.74 Å². The average molecular weight is 381 g/mol. The number of alkyl halides is 2. The largest absolute Gasteiger partial charge is 0.490 e. The number of ether oxygens (including phenoxy) is 1. The van der Waals surface area contributed by atoms with E-state index in [1.807, 2.05) is 0 Å². The van der Waals surface area contributed by atoms with Crippen molar-refractivity contribution in [3.8, 4) is 17.1 Å². The van der Waals surface area contributed by atoms with Crippen LogP contribution in [0.15, 0.2) is 41.6 Å². The van der Waals surface area contributed by atoms with Gasteiger partial charge in [0.1, 0.15) is 0 Å². The van der Waals surface area contributed by atoms with Gasteiger partial charge in [-0.2, -0.15) is 8.78 Å². The van der Waals surface area contributed by atoms with Crippen molar-refractivity contribution < 1.29 is 13.5 Å². The fraction of sp³-hybridized carbons (Fsp3) is 0.500. The van der Waals surface area contributed by atoms with Gasteiger partial charge in [-0.15, -0.1) is 0 Å². The molecule has 0 aliphatic heterocycles. The number of aromatic nitrogens is 2. The first kappa shape index (κ1) is 20.6. The Bertz CT molecular complexity index is 621. The van der Waals surface area contributed by atoms with Gasteiger partial charge in [-0.05, 0) is 18.6 Å². The highest BCUT2D eigenvalue weighted by Gasteiger charge is 2.07. The molecule has 0 spiro atoms. The van der Waals surface area contributed by atoms with Gasteiger partial charge in [0.05, 0.1) is 19.0 Å². The lowest BCUT2D eigenvalue weighted by atomic mass is 10.1. The Balaban J connectivity index is 1.72. The minimum absolute atomic E-state index is 0.526. The number of unbranched alkanes of at least 4 members (excludes halogenated alkanes) is 6. The molecule has 142 valence electrons. The molecule has 0 N–H and O–H groups in total. The van der Waals surface area contributed by atoms with Gasteiger partial charge in [-0.3, -0.25) is 0 Å². The van der Waals surface area contributed by atoms with Gasteiger partial charge in [-0.1, -0.05) is 69.3 Å². The summed E-state index contributed by atoms with van der Waals surface area (Å²) in [7, 11) is 0. The van der Waals surface area contributed by atoms with Crippen LogP contribution in [0.2, 0.25) is 0 Å². The van der Waals surface area contributed by atoms with Crippen molar-refractivity contribution >= 4 is 11.8 Å². The van der Waals surface area contributed by atoms with Crippen molar-refractivity contribution in [3.63, 3.8) is 0 Å². The Hall–Kier alpha value is -1.69. The van der Waals surface area contributed by atoms with Crippen molar-refractivity contribution in [3.05, 3.63) is 36.7 Å². The SMILES string of the molecule is CCCCCCCCCOc1cnc(-c2ccc(SC(F)F)cc2)nc1. The topological polar surface area (TPSA) is 35.0 Å². The van der Waals surface area contributed by atoms with E-state index >= 15 is 0 Å². The van der Waals surface area contributed by atoms with Crippen LogP contribution in [0.5, 0.6) is 5.75 Å². The van der Waals surface area contributed by atoms with E-state index in [9.17, 15) is 8.78 Å². The molecule has 1 aromatic carbocycles. The molecule has 2 rings (SSSR count). The van der Waals surface area contributed by atoms with Gasteiger partial charge >= 0.3 is 0 Å². The Morgan fingerprint density at radius 1 is 0.923 bits per heavy atom. The lowest BCUT2D eigenvalue weighted by Gasteiger charge is -2.07. The zero-order chi connectivity index (χ0) is 18.6. The third-order valence-electron chi connectivity index (χ3n) is 3.98. The van der Waals surface area contributed by atoms with E-state index in [2.05, 4.69) is 16.9 Å². The summed E-state index contributed by atoms with van der Waals surface area (Å²) in [6.45, 7) is 2.90. The van der Waals surface area contributed by atoms with Crippen molar-refractivity contribution in [1.29, 1.82) is 0 Å². The second kappa shape index (κ2) is 11.8. The van der Waals surface area contributed by atoms with E-state index in [1.54, 1.807) is 36.7 Å². The third kappa shape index (κ3) is 7.68. The van der Waals surface area contributed by atoms with Crippen LogP contribution < -0.4 is 4.74 Å². The monoisotopic (exact) mass is 380 g/mol. The van der Waals surface area contributed by atoms with Crippen LogP contribution in [0.25, 0.3) is 11.4 Å². The van der Waals surface area contributed by atoms with Crippen LogP contribution >= 0.6 is 11.8 Å². The summed E-state index contributed by atoms with van der Waals surface area (Å²) in [5.41, 5.74) is 0.794. The highest BCUT2D eigenvalue weighted by molar-refractivity contribution is 7.99. The number of hydrogen-bond acceptors (Lipinski definition) is 4. The van der Waals surface area contributed by atoms with Crippen LogP contribution in [-0.2, 0) is 0 Å². The predicted octanol–water partition coefficient (Wildman–Crippen LogP) is 6.59. The van der Waals surface area contributed by atoms with Crippen LogP contribution in [0.3, 0.4) is 0 Å². The van der Waals surface area contributed by atoms with Crippen LogP contribution in [-0.4, -0.2) is 22.3 Å². The summed E-state index contributed by atoms with van der Waals surface area (Å²) < 4.78 is 30.3. The van der Waals surface area contributed by atoms with Gasteiger partial charge in [0.2, 0.25) is 0 Å². The normalized spacial score (nSPS) is 11.1. The van der Waals surface area contributed by atoms with Gasteiger partial charge in [0, 0.05) is 10.5 Å². The van der Waals surface area contributed by atoms with Crippen molar-refractivity contribution in [2.45, 2.75) is 62.5 Å². The standard InChI is InChI=1S/C20H26F2N2OS/c1-2-3-4-5-6-7-8-13-25-17-14-23-19(24-15-17)16-9-11-18(12-10-16)26-20(21)22/h9-12,14-15,20H,2-8,13H2,1H3. The predicted molar refractivity (Wildman–Crippen MR) is 103 cm³/mol. The average Bonchev–Trinajstić information content (AvgIpc) is 2.65. The molecule has 1 heterocycles. The Morgan fingerprint density at radius 2 is 1.54 bits per heavy atom. The Morgan fingerprint density at radius 3 is 2.15 bits per heavy atom. The van der Waals surface area contributed by atoms with Crippen LogP contribution in [0, 0.1) is 0 Å². The lowest BCUT2D eigenvalue weighted by molar-refractivity contribution is 0.252. The molecule has 0 aliphatic carbocycles. The number of hydrogen-bond donors (Lipinski definition) is 0. The molecule has 0 amide bonds. The number of halogens is 2. The third-order valence-corrected chi connectivity index (χ3v) is 4.70. The second-order valence-electron chi connectivity index (χ2n) is 6.12. The van der Waals surface area contributed by atoms with E-state index in [1.165, 1.54) is 38.5 Å². The Kier molecular flexibility index (Phi) is 9.39. The minimum atomic E-state index is -2.41. The number of thioether (sulfide) groups is 1. The molecule has 0 unspecified atom stereocenters. The molecule has 26 heavy (non-hydrogen) atoms. The fourth-order valence-electron chi connectivity index (χ4n) is 2.57. The smallest absolute Gasteiger partial charge is 0.288 e. The molecule has 0 saturated carbocycles. The lowest BCUT2D eigenvalue weighted by Crippen LogP contribution is -1.99. The van der Waals surface area contributed by atoms with E-state index in [0.717, 1.165) is 12.0 Å². The van der Waals surface area contributed by atoms with Crippen LogP contribution in [0.1, 0.15) is 51.9 Å². The molecule has 0 radical (unpaired) electrons. The summed E-state index contributed by atoms with van der Waals surface area (Å²) in [5, 5.41) is 0. The van der Waals surface area contributed by atoms with E-state index in [0.29, 0.717) is 34.8 Å².